The van der Waals surface area contributed by atoms with Crippen LogP contribution in [0.5, 0.6) is 0 Å². The van der Waals surface area contributed by atoms with Crippen LogP contribution in [-0.4, -0.2) is 60.1 Å². The number of hydrogen-bond donors (Lipinski definition) is 1. The van der Waals surface area contributed by atoms with Gasteiger partial charge >= 0.3 is 0 Å². The molecule has 1 aliphatic heterocycles. The van der Waals surface area contributed by atoms with Crippen molar-refractivity contribution in [1.82, 2.24) is 9.80 Å². The zero-order valence-electron chi connectivity index (χ0n) is 9.31. The first-order chi connectivity index (χ1) is 7.69. The van der Waals surface area contributed by atoms with Gasteiger partial charge in [0.1, 0.15) is 6.61 Å². The summed E-state index contributed by atoms with van der Waals surface area (Å²) in [4.78, 5) is 15.4. The molecule has 1 saturated heterocycles. The minimum atomic E-state index is -0.317. The van der Waals surface area contributed by atoms with E-state index in [2.05, 4.69) is 22.8 Å². The molecule has 0 spiro atoms. The molecular weight excluding hydrogens is 206 g/mol. The predicted molar refractivity (Wildman–Crippen MR) is 58.1 cm³/mol. The SMILES string of the molecule is CN1CCN(C(=O)C#CCO)[C@@H](CC#N)C1. The highest BCUT2D eigenvalue weighted by Gasteiger charge is 2.27. The Labute approximate surface area is 95.3 Å². The molecule has 1 amide bonds. The van der Waals surface area contributed by atoms with Crippen molar-refractivity contribution in [3.63, 3.8) is 0 Å². The van der Waals surface area contributed by atoms with Crippen molar-refractivity contribution < 1.29 is 9.90 Å². The second-order valence-electron chi connectivity index (χ2n) is 3.74. The molecule has 0 unspecified atom stereocenters. The van der Waals surface area contributed by atoms with Crippen molar-refractivity contribution in [2.45, 2.75) is 12.5 Å². The smallest absolute Gasteiger partial charge is 0.298 e. The fourth-order valence-electron chi connectivity index (χ4n) is 1.75. The highest BCUT2D eigenvalue weighted by molar-refractivity contribution is 5.93. The van der Waals surface area contributed by atoms with Gasteiger partial charge < -0.3 is 14.9 Å². The fraction of sp³-hybridized carbons (Fsp3) is 0.636. The number of likely N-dealkylation sites (N-methyl/N-ethyl adjacent to an activating group) is 1. The van der Waals surface area contributed by atoms with E-state index in [0.29, 0.717) is 19.5 Å². The van der Waals surface area contributed by atoms with E-state index < -0.39 is 0 Å². The number of aliphatic hydroxyl groups excluding tert-OH is 1. The van der Waals surface area contributed by atoms with Crippen LogP contribution in [0.1, 0.15) is 6.42 Å². The van der Waals surface area contributed by atoms with Crippen LogP contribution in [0.25, 0.3) is 0 Å². The molecule has 1 fully saturated rings. The maximum atomic E-state index is 11.7. The first kappa shape index (κ1) is 12.5. The topological polar surface area (TPSA) is 67.6 Å². The summed E-state index contributed by atoms with van der Waals surface area (Å²) in [5.41, 5.74) is 0. The number of nitriles is 1. The Bertz CT molecular complexity index is 350. The average molecular weight is 221 g/mol. The summed E-state index contributed by atoms with van der Waals surface area (Å²) >= 11 is 0. The van der Waals surface area contributed by atoms with Crippen molar-refractivity contribution in [2.75, 3.05) is 33.3 Å². The van der Waals surface area contributed by atoms with Gasteiger partial charge in [0, 0.05) is 19.6 Å². The molecule has 86 valence electrons. The Kier molecular flexibility index (Phi) is 4.78. The molecule has 1 rings (SSSR count). The number of nitrogens with zero attached hydrogens (tertiary/aromatic N) is 3. The second kappa shape index (κ2) is 6.12. The molecule has 0 aromatic carbocycles. The third kappa shape index (κ3) is 3.23. The Morgan fingerprint density at radius 3 is 2.94 bits per heavy atom. The summed E-state index contributed by atoms with van der Waals surface area (Å²) in [5.74, 6) is 4.40. The molecule has 1 N–H and O–H groups in total. The summed E-state index contributed by atoms with van der Waals surface area (Å²) in [6, 6.07) is 1.99. The van der Waals surface area contributed by atoms with Crippen LogP contribution in [0.15, 0.2) is 0 Å². The van der Waals surface area contributed by atoms with Gasteiger partial charge in [0.25, 0.3) is 5.91 Å². The van der Waals surface area contributed by atoms with Gasteiger partial charge in [0.05, 0.1) is 18.5 Å². The van der Waals surface area contributed by atoms with Crippen LogP contribution in [-0.2, 0) is 4.79 Å². The molecule has 0 aliphatic carbocycles. The minimum Gasteiger partial charge on any atom is -0.384 e. The molecule has 0 aromatic heterocycles. The molecule has 0 bridgehead atoms. The van der Waals surface area contributed by atoms with Crippen molar-refractivity contribution in [3.05, 3.63) is 0 Å². The van der Waals surface area contributed by atoms with E-state index in [1.807, 2.05) is 7.05 Å². The maximum Gasteiger partial charge on any atom is 0.298 e. The lowest BCUT2D eigenvalue weighted by atomic mass is 10.1. The maximum absolute atomic E-state index is 11.7. The van der Waals surface area contributed by atoms with Gasteiger partial charge in [0.15, 0.2) is 0 Å². The van der Waals surface area contributed by atoms with Crippen molar-refractivity contribution in [1.29, 1.82) is 5.26 Å². The zero-order chi connectivity index (χ0) is 12.0. The molecule has 0 radical (unpaired) electrons. The van der Waals surface area contributed by atoms with E-state index in [-0.39, 0.29) is 18.6 Å². The molecule has 5 nitrogen and oxygen atoms in total. The van der Waals surface area contributed by atoms with E-state index >= 15 is 0 Å². The molecule has 1 heterocycles. The highest BCUT2D eigenvalue weighted by Crippen LogP contribution is 2.11. The summed E-state index contributed by atoms with van der Waals surface area (Å²) in [7, 11) is 1.96. The van der Waals surface area contributed by atoms with E-state index in [1.165, 1.54) is 0 Å². The van der Waals surface area contributed by atoms with Gasteiger partial charge in [-0.15, -0.1) is 0 Å². The molecule has 0 aromatic rings. The predicted octanol–water partition coefficient (Wildman–Crippen LogP) is -0.962. The molecule has 16 heavy (non-hydrogen) atoms. The number of rotatable bonds is 1. The number of hydrogen-bond acceptors (Lipinski definition) is 4. The summed E-state index contributed by atoms with van der Waals surface area (Å²) in [5, 5.41) is 17.2. The van der Waals surface area contributed by atoms with Crippen LogP contribution in [0.4, 0.5) is 0 Å². The van der Waals surface area contributed by atoms with Gasteiger partial charge in [-0.1, -0.05) is 5.92 Å². The summed E-state index contributed by atoms with van der Waals surface area (Å²) in [6.07, 6.45) is 0.316. The van der Waals surface area contributed by atoms with Gasteiger partial charge in [-0.25, -0.2) is 0 Å². The van der Waals surface area contributed by atoms with Crippen LogP contribution in [0.2, 0.25) is 0 Å². The Morgan fingerprint density at radius 1 is 1.56 bits per heavy atom. The fourth-order valence-corrected chi connectivity index (χ4v) is 1.75. The van der Waals surface area contributed by atoms with Gasteiger partial charge in [0.2, 0.25) is 0 Å². The average Bonchev–Trinajstić information content (AvgIpc) is 2.26. The van der Waals surface area contributed by atoms with E-state index in [1.54, 1.807) is 4.90 Å². The van der Waals surface area contributed by atoms with Crippen molar-refractivity contribution in [3.8, 4) is 17.9 Å². The lowest BCUT2D eigenvalue weighted by molar-refractivity contribution is -0.129. The number of piperazine rings is 1. The lowest BCUT2D eigenvalue weighted by Crippen LogP contribution is -2.53. The van der Waals surface area contributed by atoms with E-state index in [0.717, 1.165) is 6.54 Å². The van der Waals surface area contributed by atoms with Crippen LogP contribution in [0, 0.1) is 23.2 Å². The van der Waals surface area contributed by atoms with E-state index in [9.17, 15) is 4.79 Å². The third-order valence-electron chi connectivity index (χ3n) is 2.55. The monoisotopic (exact) mass is 221 g/mol. The molecule has 1 aliphatic rings. The van der Waals surface area contributed by atoms with Crippen molar-refractivity contribution in [2.24, 2.45) is 0 Å². The second-order valence-corrected chi connectivity index (χ2v) is 3.74. The van der Waals surface area contributed by atoms with Gasteiger partial charge in [-0.2, -0.15) is 5.26 Å². The molecule has 5 heteroatoms. The normalized spacial score (nSPS) is 20.8. The Hall–Kier alpha value is -1.56. The largest absolute Gasteiger partial charge is 0.384 e. The first-order valence-electron chi connectivity index (χ1n) is 5.15. The Morgan fingerprint density at radius 2 is 2.31 bits per heavy atom. The van der Waals surface area contributed by atoms with E-state index in [4.69, 9.17) is 10.4 Å². The standard InChI is InChI=1S/C11H15N3O2/c1-13-6-7-14(10(9-13)4-5-12)11(16)3-2-8-15/h10,15H,4,6-9H2,1H3/t10-/m0/s1. The number of carbonyl (C=O) groups excluding carboxylic acids is 1. The summed E-state index contributed by atoms with van der Waals surface area (Å²) < 4.78 is 0. The number of aliphatic hydroxyl groups is 1. The van der Waals surface area contributed by atoms with Crippen molar-refractivity contribution >= 4 is 5.91 Å². The van der Waals surface area contributed by atoms with Gasteiger partial charge in [-0.05, 0) is 13.0 Å². The molecular formula is C11H15N3O2. The van der Waals surface area contributed by atoms with Crippen LogP contribution < -0.4 is 0 Å². The third-order valence-corrected chi connectivity index (χ3v) is 2.55. The summed E-state index contributed by atoms with van der Waals surface area (Å²) in [6.45, 7) is 1.75. The quantitative estimate of drug-likeness (QED) is 0.579. The minimum absolute atomic E-state index is 0.0933. The number of amides is 1. The Balaban J connectivity index is 2.69. The van der Waals surface area contributed by atoms with Crippen LogP contribution >= 0.6 is 0 Å². The zero-order valence-corrected chi connectivity index (χ0v) is 9.31. The molecule has 1 atom stereocenters. The first-order valence-corrected chi connectivity index (χ1v) is 5.15. The number of carbonyl (C=O) groups is 1. The van der Waals surface area contributed by atoms with Gasteiger partial charge in [-0.3, -0.25) is 4.79 Å². The van der Waals surface area contributed by atoms with Crippen LogP contribution in [0.3, 0.4) is 0 Å². The lowest BCUT2D eigenvalue weighted by Gasteiger charge is -2.37. The highest BCUT2D eigenvalue weighted by atomic mass is 16.2. The molecule has 0 saturated carbocycles.